The molecule has 0 unspecified atom stereocenters. The second-order valence-electron chi connectivity index (χ2n) is 6.60. The Kier molecular flexibility index (Phi) is 6.50. The van der Waals surface area contributed by atoms with E-state index in [1.165, 1.54) is 27.4 Å². The predicted molar refractivity (Wildman–Crippen MR) is 119 cm³/mol. The van der Waals surface area contributed by atoms with E-state index < -0.39 is 4.92 Å². The number of carbonyl (C=O) groups excluding carboxylic acids is 1. The number of carbonyl (C=O) groups is 1. The maximum atomic E-state index is 12.4. The predicted octanol–water partition coefficient (Wildman–Crippen LogP) is 4.13. The molecule has 1 fully saturated rings. The van der Waals surface area contributed by atoms with Crippen molar-refractivity contribution in [2.45, 2.75) is 13.8 Å². The van der Waals surface area contributed by atoms with Crippen molar-refractivity contribution in [3.05, 3.63) is 56.0 Å². The van der Waals surface area contributed by atoms with Gasteiger partial charge in [-0.25, -0.2) is 4.99 Å². The van der Waals surface area contributed by atoms with Crippen molar-refractivity contribution in [2.75, 3.05) is 21.3 Å². The highest BCUT2D eigenvalue weighted by molar-refractivity contribution is 8.18. The molecule has 162 valence electrons. The summed E-state index contributed by atoms with van der Waals surface area (Å²) >= 11 is 1.14. The number of nitrogens with one attached hydrogen (secondary N) is 1. The highest BCUT2D eigenvalue weighted by Gasteiger charge is 2.25. The van der Waals surface area contributed by atoms with Crippen LogP contribution >= 0.6 is 11.8 Å². The van der Waals surface area contributed by atoms with Gasteiger partial charge in [-0.15, -0.1) is 0 Å². The molecule has 0 bridgehead atoms. The van der Waals surface area contributed by atoms with Crippen molar-refractivity contribution in [1.29, 1.82) is 0 Å². The van der Waals surface area contributed by atoms with Gasteiger partial charge in [0.1, 0.15) is 0 Å². The quantitative estimate of drug-likeness (QED) is 0.406. The van der Waals surface area contributed by atoms with Gasteiger partial charge in [0.25, 0.3) is 11.6 Å². The highest BCUT2D eigenvalue weighted by Crippen LogP contribution is 2.39. The minimum atomic E-state index is -0.442. The average Bonchev–Trinajstić information content (AvgIpc) is 3.07. The Morgan fingerprint density at radius 3 is 2.26 bits per heavy atom. The van der Waals surface area contributed by atoms with E-state index in [2.05, 4.69) is 10.3 Å². The van der Waals surface area contributed by atoms with E-state index in [0.717, 1.165) is 17.3 Å². The van der Waals surface area contributed by atoms with Crippen LogP contribution in [0.3, 0.4) is 0 Å². The SMILES string of the molecule is COc1cc(/C=C2\SC(=Nc3cc(C)c(C)c([N+](=O)[O-])c3)NC2=O)cc(OC)c1OC. The molecule has 1 aliphatic rings. The molecule has 0 atom stereocenters. The summed E-state index contributed by atoms with van der Waals surface area (Å²) in [6, 6.07) is 6.58. The molecule has 2 aromatic carbocycles. The van der Waals surface area contributed by atoms with Gasteiger partial charge in [-0.05, 0) is 61.0 Å². The highest BCUT2D eigenvalue weighted by atomic mass is 32.2. The zero-order valence-corrected chi connectivity index (χ0v) is 18.5. The molecule has 2 aromatic rings. The molecule has 0 spiro atoms. The smallest absolute Gasteiger partial charge is 0.274 e. The van der Waals surface area contributed by atoms with Crippen LogP contribution in [0.15, 0.2) is 34.2 Å². The summed E-state index contributed by atoms with van der Waals surface area (Å²) in [5.41, 5.74) is 2.39. The van der Waals surface area contributed by atoms with Crippen molar-refractivity contribution in [2.24, 2.45) is 4.99 Å². The first-order chi connectivity index (χ1) is 14.8. The molecule has 0 radical (unpaired) electrons. The molecule has 3 rings (SSSR count). The number of hydrogen-bond donors (Lipinski definition) is 1. The molecule has 9 nitrogen and oxygen atoms in total. The normalized spacial score (nSPS) is 15.8. The lowest BCUT2D eigenvalue weighted by molar-refractivity contribution is -0.385. The number of amidine groups is 1. The number of benzene rings is 2. The lowest BCUT2D eigenvalue weighted by Crippen LogP contribution is -2.19. The Balaban J connectivity index is 1.94. The van der Waals surface area contributed by atoms with Crippen molar-refractivity contribution in [1.82, 2.24) is 5.32 Å². The fourth-order valence-electron chi connectivity index (χ4n) is 3.01. The summed E-state index contributed by atoms with van der Waals surface area (Å²) in [6.45, 7) is 3.47. The molecule has 10 heteroatoms. The van der Waals surface area contributed by atoms with Crippen LogP contribution in [0.2, 0.25) is 0 Å². The molecule has 1 aliphatic heterocycles. The molecular formula is C21H21N3O6S. The Bertz CT molecular complexity index is 1100. The first-order valence-corrected chi connectivity index (χ1v) is 9.94. The molecule has 31 heavy (non-hydrogen) atoms. The van der Waals surface area contributed by atoms with Crippen molar-refractivity contribution in [3.8, 4) is 17.2 Å². The van der Waals surface area contributed by atoms with Gasteiger partial charge >= 0.3 is 0 Å². The summed E-state index contributed by atoms with van der Waals surface area (Å²) in [4.78, 5) is 28.0. The van der Waals surface area contributed by atoms with Crippen molar-refractivity contribution >= 4 is 40.3 Å². The number of nitro groups is 1. The number of amides is 1. The average molecular weight is 443 g/mol. The van der Waals surface area contributed by atoms with Gasteiger partial charge in [0.2, 0.25) is 5.75 Å². The number of rotatable bonds is 6. The van der Waals surface area contributed by atoms with Crippen LogP contribution in [-0.2, 0) is 4.79 Å². The van der Waals surface area contributed by atoms with Gasteiger partial charge in [-0.1, -0.05) is 0 Å². The fraction of sp³-hybridized carbons (Fsp3) is 0.238. The van der Waals surface area contributed by atoms with E-state index in [1.54, 1.807) is 38.1 Å². The van der Waals surface area contributed by atoms with Crippen LogP contribution in [0.25, 0.3) is 6.08 Å². The van der Waals surface area contributed by atoms with Gasteiger partial charge in [-0.3, -0.25) is 14.9 Å². The van der Waals surface area contributed by atoms with Crippen LogP contribution in [0.5, 0.6) is 17.2 Å². The Hall–Kier alpha value is -3.53. The molecule has 1 heterocycles. The van der Waals surface area contributed by atoms with E-state index in [-0.39, 0.29) is 11.6 Å². The van der Waals surface area contributed by atoms with Gasteiger partial charge in [0.15, 0.2) is 16.7 Å². The molecule has 0 aliphatic carbocycles. The topological polar surface area (TPSA) is 112 Å². The van der Waals surface area contributed by atoms with Crippen LogP contribution in [0, 0.1) is 24.0 Å². The van der Waals surface area contributed by atoms with Crippen LogP contribution < -0.4 is 19.5 Å². The van der Waals surface area contributed by atoms with Gasteiger partial charge in [0.05, 0.1) is 36.8 Å². The Labute approximate surface area is 183 Å². The number of methoxy groups -OCH3 is 3. The van der Waals surface area contributed by atoms with Gasteiger partial charge < -0.3 is 19.5 Å². The summed E-state index contributed by atoms with van der Waals surface area (Å²) in [6.07, 6.45) is 1.68. The Morgan fingerprint density at radius 2 is 1.71 bits per heavy atom. The van der Waals surface area contributed by atoms with Crippen molar-refractivity contribution in [3.63, 3.8) is 0 Å². The zero-order valence-electron chi connectivity index (χ0n) is 17.6. The monoisotopic (exact) mass is 443 g/mol. The van der Waals surface area contributed by atoms with Gasteiger partial charge in [0, 0.05) is 11.6 Å². The zero-order chi connectivity index (χ0) is 22.7. The number of ether oxygens (including phenoxy) is 3. The molecule has 1 N–H and O–H groups in total. The third kappa shape index (κ3) is 4.64. The number of aliphatic imine (C=N–C) groups is 1. The standard InChI is InChI=1S/C21H21N3O6S/c1-11-6-14(10-15(12(11)2)24(26)27)22-21-23-20(25)18(31-21)9-13-7-16(28-3)19(30-5)17(8-13)29-4/h6-10H,1-5H3,(H,22,23,25)/b18-9-. The summed E-state index contributed by atoms with van der Waals surface area (Å²) in [7, 11) is 4.54. The van der Waals surface area contributed by atoms with E-state index in [4.69, 9.17) is 14.2 Å². The first-order valence-electron chi connectivity index (χ1n) is 9.12. The maximum Gasteiger partial charge on any atom is 0.274 e. The van der Waals surface area contributed by atoms with E-state index in [9.17, 15) is 14.9 Å². The van der Waals surface area contributed by atoms with Crippen LogP contribution in [0.1, 0.15) is 16.7 Å². The summed E-state index contributed by atoms with van der Waals surface area (Å²) < 4.78 is 16.0. The third-order valence-electron chi connectivity index (χ3n) is 4.69. The molecule has 1 saturated heterocycles. The van der Waals surface area contributed by atoms with Crippen LogP contribution in [-0.4, -0.2) is 37.3 Å². The first kappa shape index (κ1) is 22.2. The van der Waals surface area contributed by atoms with E-state index >= 15 is 0 Å². The molecule has 1 amide bonds. The second kappa shape index (κ2) is 9.09. The summed E-state index contributed by atoms with van der Waals surface area (Å²) in [5.74, 6) is 1.06. The third-order valence-corrected chi connectivity index (χ3v) is 5.60. The number of thioether (sulfide) groups is 1. The van der Waals surface area contributed by atoms with Crippen LogP contribution in [0.4, 0.5) is 11.4 Å². The second-order valence-corrected chi connectivity index (χ2v) is 7.63. The number of hydrogen-bond acceptors (Lipinski definition) is 8. The minimum Gasteiger partial charge on any atom is -0.493 e. The number of aryl methyl sites for hydroxylation is 1. The Morgan fingerprint density at radius 1 is 1.06 bits per heavy atom. The summed E-state index contributed by atoms with van der Waals surface area (Å²) in [5, 5.41) is 14.3. The molecule has 0 saturated carbocycles. The maximum absolute atomic E-state index is 12.4. The number of nitrogens with zero attached hydrogens (tertiary/aromatic N) is 2. The minimum absolute atomic E-state index is 0.0122. The van der Waals surface area contributed by atoms with Crippen molar-refractivity contribution < 1.29 is 23.9 Å². The molecular weight excluding hydrogens is 422 g/mol. The lowest BCUT2D eigenvalue weighted by atomic mass is 10.1. The van der Waals surface area contributed by atoms with Gasteiger partial charge in [-0.2, -0.15) is 0 Å². The fourth-order valence-corrected chi connectivity index (χ4v) is 3.85. The lowest BCUT2D eigenvalue weighted by Gasteiger charge is -2.12. The van der Waals surface area contributed by atoms with E-state index in [0.29, 0.717) is 44.1 Å². The van der Waals surface area contributed by atoms with E-state index in [1.807, 2.05) is 0 Å². The molecule has 0 aromatic heterocycles. The largest absolute Gasteiger partial charge is 0.493 e. The number of nitro benzene ring substituents is 1.